The van der Waals surface area contributed by atoms with Gasteiger partial charge in [0.25, 0.3) is 5.91 Å². The van der Waals surface area contributed by atoms with Crippen LogP contribution in [0.5, 0.6) is 11.5 Å². The average Bonchev–Trinajstić information content (AvgIpc) is 2.71. The van der Waals surface area contributed by atoms with E-state index in [9.17, 15) is 18.0 Å². The Kier molecular flexibility index (Phi) is 7.03. The van der Waals surface area contributed by atoms with E-state index in [2.05, 4.69) is 5.32 Å². The quantitative estimate of drug-likeness (QED) is 0.688. The largest absolute Gasteiger partial charge is 0.493 e. The van der Waals surface area contributed by atoms with E-state index in [1.807, 2.05) is 0 Å². The predicted molar refractivity (Wildman–Crippen MR) is 99.5 cm³/mol. The molecule has 1 aliphatic heterocycles. The number of benzene rings is 1. The molecule has 0 saturated carbocycles. The van der Waals surface area contributed by atoms with E-state index < -0.39 is 15.9 Å². The van der Waals surface area contributed by atoms with Crippen molar-refractivity contribution in [2.24, 2.45) is 0 Å². The van der Waals surface area contributed by atoms with E-state index in [4.69, 9.17) is 9.47 Å². The second-order valence-corrected chi connectivity index (χ2v) is 8.19. The van der Waals surface area contributed by atoms with Gasteiger partial charge in [0.05, 0.1) is 26.5 Å². The van der Waals surface area contributed by atoms with Gasteiger partial charge in [-0.15, -0.1) is 0 Å². The number of hydrogen-bond acceptors (Lipinski definition) is 6. The van der Waals surface area contributed by atoms with Crippen molar-refractivity contribution in [1.82, 2.24) is 14.5 Å². The lowest BCUT2D eigenvalue weighted by molar-refractivity contribution is -0.131. The summed E-state index contributed by atoms with van der Waals surface area (Å²) in [5, 5.41) is 2.58. The van der Waals surface area contributed by atoms with E-state index in [-0.39, 0.29) is 31.3 Å². The molecule has 27 heavy (non-hydrogen) atoms. The van der Waals surface area contributed by atoms with Crippen LogP contribution in [-0.2, 0) is 14.8 Å². The number of piperazine rings is 1. The molecule has 150 valence electrons. The number of rotatable bonds is 7. The van der Waals surface area contributed by atoms with Gasteiger partial charge in [0.15, 0.2) is 11.5 Å². The smallest absolute Gasteiger partial charge is 0.251 e. The predicted octanol–water partition coefficient (Wildman–Crippen LogP) is -0.0725. The first-order valence-corrected chi connectivity index (χ1v) is 10.2. The van der Waals surface area contributed by atoms with Gasteiger partial charge < -0.3 is 19.7 Å². The molecule has 0 bridgehead atoms. The minimum atomic E-state index is -3.24. The second-order valence-electron chi connectivity index (χ2n) is 5.93. The van der Waals surface area contributed by atoms with Crippen molar-refractivity contribution in [2.75, 3.05) is 52.7 Å². The third kappa shape index (κ3) is 5.10. The molecule has 0 atom stereocenters. The van der Waals surface area contributed by atoms with Gasteiger partial charge in [0.2, 0.25) is 15.9 Å². The normalized spacial score (nSPS) is 15.3. The molecule has 0 spiro atoms. The third-order valence-electron chi connectivity index (χ3n) is 4.40. The number of carbonyl (C=O) groups is 2. The van der Waals surface area contributed by atoms with E-state index in [1.165, 1.54) is 24.6 Å². The molecule has 10 heteroatoms. The van der Waals surface area contributed by atoms with Crippen molar-refractivity contribution in [3.63, 3.8) is 0 Å². The Morgan fingerprint density at radius 3 is 2.26 bits per heavy atom. The molecule has 1 aromatic rings. The zero-order chi connectivity index (χ0) is 20.0. The van der Waals surface area contributed by atoms with Crippen molar-refractivity contribution in [3.05, 3.63) is 23.8 Å². The number of ether oxygens (including phenoxy) is 2. The maximum Gasteiger partial charge on any atom is 0.251 e. The van der Waals surface area contributed by atoms with Gasteiger partial charge in [0.1, 0.15) is 0 Å². The molecule has 2 amide bonds. The number of carbonyl (C=O) groups excluding carboxylic acids is 2. The maximum atomic E-state index is 12.3. The first-order chi connectivity index (χ1) is 12.8. The van der Waals surface area contributed by atoms with Crippen LogP contribution >= 0.6 is 0 Å². The Bertz CT molecular complexity index is 788. The van der Waals surface area contributed by atoms with Gasteiger partial charge in [-0.3, -0.25) is 9.59 Å². The minimum absolute atomic E-state index is 0.0440. The van der Waals surface area contributed by atoms with Gasteiger partial charge in [-0.05, 0) is 25.1 Å². The summed E-state index contributed by atoms with van der Waals surface area (Å²) < 4.78 is 35.4. The highest BCUT2D eigenvalue weighted by Gasteiger charge is 2.27. The molecule has 2 rings (SSSR count). The molecule has 9 nitrogen and oxygen atoms in total. The molecule has 0 aromatic heterocycles. The maximum absolute atomic E-state index is 12.3. The van der Waals surface area contributed by atoms with E-state index >= 15 is 0 Å². The summed E-state index contributed by atoms with van der Waals surface area (Å²) in [5.74, 6) is 0.311. The molecule has 0 aliphatic carbocycles. The Hall–Kier alpha value is -2.33. The van der Waals surface area contributed by atoms with Crippen LogP contribution in [0.3, 0.4) is 0 Å². The van der Waals surface area contributed by atoms with Crippen LogP contribution in [0.25, 0.3) is 0 Å². The van der Waals surface area contributed by atoms with Crippen LogP contribution in [-0.4, -0.2) is 82.1 Å². The van der Waals surface area contributed by atoms with Gasteiger partial charge in [-0.2, -0.15) is 4.31 Å². The fourth-order valence-corrected chi connectivity index (χ4v) is 3.83. The monoisotopic (exact) mass is 399 g/mol. The van der Waals surface area contributed by atoms with Crippen molar-refractivity contribution in [1.29, 1.82) is 0 Å². The molecule has 1 heterocycles. The van der Waals surface area contributed by atoms with Crippen LogP contribution < -0.4 is 14.8 Å². The Morgan fingerprint density at radius 1 is 1.07 bits per heavy atom. The van der Waals surface area contributed by atoms with Crippen molar-refractivity contribution in [2.45, 2.75) is 6.92 Å². The Balaban J connectivity index is 1.88. The van der Waals surface area contributed by atoms with Crippen LogP contribution in [0.4, 0.5) is 0 Å². The van der Waals surface area contributed by atoms with Gasteiger partial charge in [-0.25, -0.2) is 8.42 Å². The minimum Gasteiger partial charge on any atom is -0.493 e. The van der Waals surface area contributed by atoms with Gasteiger partial charge in [-0.1, -0.05) is 0 Å². The summed E-state index contributed by atoms with van der Waals surface area (Å²) in [5.41, 5.74) is 0.347. The number of sulfonamides is 1. The van der Waals surface area contributed by atoms with Gasteiger partial charge >= 0.3 is 0 Å². The number of hydrogen-bond donors (Lipinski definition) is 1. The fourth-order valence-electron chi connectivity index (χ4n) is 2.75. The molecule has 1 aliphatic rings. The molecule has 1 aromatic carbocycles. The third-order valence-corrected chi connectivity index (χ3v) is 6.28. The summed E-state index contributed by atoms with van der Waals surface area (Å²) in [6, 6.07) is 4.73. The standard InChI is InChI=1S/C17H25N3O6S/c1-4-27(23,24)20-9-7-19(8-10-20)16(21)12-18-17(22)13-5-6-14(25-2)15(11-13)26-3/h5-6,11H,4,7-10,12H2,1-3H3,(H,18,22). The molecule has 1 saturated heterocycles. The summed E-state index contributed by atoms with van der Waals surface area (Å²) >= 11 is 0. The molecule has 1 fully saturated rings. The number of methoxy groups -OCH3 is 2. The Labute approximate surface area is 159 Å². The van der Waals surface area contributed by atoms with Crippen LogP contribution in [0, 0.1) is 0 Å². The highest BCUT2D eigenvalue weighted by Crippen LogP contribution is 2.27. The van der Waals surface area contributed by atoms with Crippen molar-refractivity contribution >= 4 is 21.8 Å². The average molecular weight is 399 g/mol. The summed E-state index contributed by atoms with van der Waals surface area (Å²) in [6.45, 7) is 2.59. The first-order valence-electron chi connectivity index (χ1n) is 8.58. The first kappa shape index (κ1) is 21.0. The zero-order valence-electron chi connectivity index (χ0n) is 15.7. The summed E-state index contributed by atoms with van der Waals surface area (Å²) in [7, 11) is -0.266. The Morgan fingerprint density at radius 2 is 1.70 bits per heavy atom. The highest BCUT2D eigenvalue weighted by atomic mass is 32.2. The van der Waals surface area contributed by atoms with Crippen LogP contribution in [0.15, 0.2) is 18.2 Å². The van der Waals surface area contributed by atoms with Crippen molar-refractivity contribution < 1.29 is 27.5 Å². The van der Waals surface area contributed by atoms with Crippen molar-refractivity contribution in [3.8, 4) is 11.5 Å². The topological polar surface area (TPSA) is 105 Å². The lowest BCUT2D eigenvalue weighted by Crippen LogP contribution is -2.52. The highest BCUT2D eigenvalue weighted by molar-refractivity contribution is 7.89. The van der Waals surface area contributed by atoms with Gasteiger partial charge in [0, 0.05) is 31.7 Å². The SMILES string of the molecule is CCS(=O)(=O)N1CCN(C(=O)CNC(=O)c2ccc(OC)c(OC)c2)CC1. The number of amides is 2. The number of nitrogens with zero attached hydrogens (tertiary/aromatic N) is 2. The number of nitrogens with one attached hydrogen (secondary N) is 1. The van der Waals surface area contributed by atoms with E-state index in [1.54, 1.807) is 24.0 Å². The molecule has 1 N–H and O–H groups in total. The summed E-state index contributed by atoms with van der Waals surface area (Å²) in [4.78, 5) is 26.1. The molecular weight excluding hydrogens is 374 g/mol. The van der Waals surface area contributed by atoms with E-state index in [0.29, 0.717) is 30.2 Å². The zero-order valence-corrected chi connectivity index (χ0v) is 16.5. The molecule has 0 unspecified atom stereocenters. The molecule has 0 radical (unpaired) electrons. The van der Waals surface area contributed by atoms with E-state index in [0.717, 1.165) is 0 Å². The summed E-state index contributed by atoms with van der Waals surface area (Å²) in [6.07, 6.45) is 0. The van der Waals surface area contributed by atoms with Crippen LogP contribution in [0.2, 0.25) is 0 Å². The fraction of sp³-hybridized carbons (Fsp3) is 0.529. The lowest BCUT2D eigenvalue weighted by Gasteiger charge is -2.33. The second kappa shape index (κ2) is 9.05. The molecular formula is C17H25N3O6S. The van der Waals surface area contributed by atoms with Crippen LogP contribution in [0.1, 0.15) is 17.3 Å². The lowest BCUT2D eigenvalue weighted by atomic mass is 10.2.